The van der Waals surface area contributed by atoms with E-state index in [-0.39, 0.29) is 17.6 Å². The molecule has 2 aliphatic rings. The molecule has 2 N–H and O–H groups in total. The Morgan fingerprint density at radius 1 is 1.33 bits per heavy atom. The highest BCUT2D eigenvalue weighted by Crippen LogP contribution is 2.37. The second-order valence-electron chi connectivity index (χ2n) is 6.04. The first-order chi connectivity index (χ1) is 10.2. The van der Waals surface area contributed by atoms with Crippen molar-refractivity contribution >= 4 is 6.09 Å². The van der Waals surface area contributed by atoms with Crippen LogP contribution in [-0.4, -0.2) is 48.4 Å². The fraction of sp³-hybridized carbons (Fsp3) is 0.562. The molecule has 5 nitrogen and oxygen atoms in total. The molecule has 2 heterocycles. The van der Waals surface area contributed by atoms with Gasteiger partial charge in [-0.05, 0) is 18.4 Å². The van der Waals surface area contributed by atoms with Crippen LogP contribution in [-0.2, 0) is 11.3 Å². The smallest absolute Gasteiger partial charge is 0.410 e. The molecule has 1 aromatic rings. The van der Waals surface area contributed by atoms with E-state index in [1.807, 2.05) is 30.3 Å². The maximum Gasteiger partial charge on any atom is 0.410 e. The molecule has 2 aliphatic heterocycles. The number of carbonyl (C=O) groups excluding carboxylic acids is 1. The summed E-state index contributed by atoms with van der Waals surface area (Å²) in [5, 5.41) is 13.3. The average molecular weight is 290 g/mol. The highest BCUT2D eigenvalue weighted by molar-refractivity contribution is 5.67. The molecule has 1 aromatic carbocycles. The number of hydrogen-bond acceptors (Lipinski definition) is 4. The van der Waals surface area contributed by atoms with E-state index in [2.05, 4.69) is 5.32 Å². The number of carbonyl (C=O) groups is 1. The van der Waals surface area contributed by atoms with Crippen LogP contribution in [0.3, 0.4) is 0 Å². The highest BCUT2D eigenvalue weighted by atomic mass is 16.6. The Morgan fingerprint density at radius 2 is 2.05 bits per heavy atom. The summed E-state index contributed by atoms with van der Waals surface area (Å²) in [5.41, 5.74) is 0.950. The molecule has 1 spiro atoms. The minimum Gasteiger partial charge on any atom is -0.445 e. The first kappa shape index (κ1) is 14.4. The van der Waals surface area contributed by atoms with E-state index >= 15 is 0 Å². The molecular weight excluding hydrogens is 268 g/mol. The van der Waals surface area contributed by atoms with Crippen LogP contribution >= 0.6 is 0 Å². The van der Waals surface area contributed by atoms with E-state index < -0.39 is 0 Å². The van der Waals surface area contributed by atoms with Crippen molar-refractivity contribution in [1.29, 1.82) is 0 Å². The van der Waals surface area contributed by atoms with Crippen LogP contribution in [0.4, 0.5) is 4.79 Å². The third-order valence-corrected chi connectivity index (χ3v) is 4.74. The number of amides is 1. The van der Waals surface area contributed by atoms with Gasteiger partial charge in [0.1, 0.15) is 6.61 Å². The lowest BCUT2D eigenvalue weighted by molar-refractivity contribution is 0.00901. The third-order valence-electron chi connectivity index (χ3n) is 4.74. The normalized spacial score (nSPS) is 24.2. The van der Waals surface area contributed by atoms with Crippen LogP contribution < -0.4 is 5.32 Å². The Morgan fingerprint density at radius 3 is 2.67 bits per heavy atom. The van der Waals surface area contributed by atoms with Gasteiger partial charge in [-0.25, -0.2) is 4.79 Å². The molecule has 1 unspecified atom stereocenters. The number of likely N-dealkylation sites (tertiary alicyclic amines) is 1. The lowest BCUT2D eigenvalue weighted by atomic mass is 9.76. The van der Waals surface area contributed by atoms with Crippen molar-refractivity contribution in [3.63, 3.8) is 0 Å². The number of piperidine rings is 1. The summed E-state index contributed by atoms with van der Waals surface area (Å²) in [4.78, 5) is 13.8. The number of hydrogen-bond donors (Lipinski definition) is 2. The van der Waals surface area contributed by atoms with Crippen LogP contribution in [0.15, 0.2) is 30.3 Å². The van der Waals surface area contributed by atoms with Crippen molar-refractivity contribution in [1.82, 2.24) is 10.2 Å². The minimum atomic E-state index is -0.292. The number of nitrogens with one attached hydrogen (secondary N) is 1. The summed E-state index contributed by atoms with van der Waals surface area (Å²) in [6, 6.07) is 9.69. The number of nitrogens with zero attached hydrogens (tertiary/aromatic N) is 1. The Kier molecular flexibility index (Phi) is 4.12. The van der Waals surface area contributed by atoms with E-state index in [4.69, 9.17) is 4.74 Å². The fourth-order valence-corrected chi connectivity index (χ4v) is 3.25. The molecule has 114 valence electrons. The minimum absolute atomic E-state index is 0.0454. The zero-order valence-electron chi connectivity index (χ0n) is 12.1. The lowest BCUT2D eigenvalue weighted by Crippen LogP contribution is -2.48. The van der Waals surface area contributed by atoms with Crippen molar-refractivity contribution < 1.29 is 14.6 Å². The molecule has 2 fully saturated rings. The fourth-order valence-electron chi connectivity index (χ4n) is 3.25. The van der Waals surface area contributed by atoms with E-state index in [1.54, 1.807) is 4.90 Å². The van der Waals surface area contributed by atoms with Crippen molar-refractivity contribution in [3.05, 3.63) is 35.9 Å². The summed E-state index contributed by atoms with van der Waals surface area (Å²) in [6.45, 7) is 3.14. The van der Waals surface area contributed by atoms with Crippen molar-refractivity contribution in [2.75, 3.05) is 26.2 Å². The number of β-amino-alcohol motifs (C(OH)–C–C–N with tert-alkyl or cyclic N) is 1. The highest BCUT2D eigenvalue weighted by Gasteiger charge is 2.44. The summed E-state index contributed by atoms with van der Waals surface area (Å²) in [6.07, 6.45) is 1.12. The number of aliphatic hydroxyl groups excluding tert-OH is 1. The molecule has 0 aromatic heterocycles. The van der Waals surface area contributed by atoms with Gasteiger partial charge in [0.2, 0.25) is 0 Å². The third kappa shape index (κ3) is 3.04. The van der Waals surface area contributed by atoms with Gasteiger partial charge in [0.15, 0.2) is 0 Å². The number of benzene rings is 1. The Labute approximate surface area is 124 Å². The Balaban J connectivity index is 1.49. The predicted octanol–water partition coefficient (Wildman–Crippen LogP) is 1.37. The molecule has 5 heteroatoms. The van der Waals surface area contributed by atoms with Gasteiger partial charge >= 0.3 is 6.09 Å². The van der Waals surface area contributed by atoms with Crippen LogP contribution in [0.25, 0.3) is 0 Å². The van der Waals surface area contributed by atoms with Crippen LogP contribution in [0.1, 0.15) is 18.4 Å². The van der Waals surface area contributed by atoms with E-state index in [1.165, 1.54) is 0 Å². The van der Waals surface area contributed by atoms with Crippen molar-refractivity contribution in [3.8, 4) is 0 Å². The summed E-state index contributed by atoms with van der Waals surface area (Å²) in [5.74, 6) is 0. The van der Waals surface area contributed by atoms with E-state index in [0.717, 1.165) is 24.9 Å². The van der Waals surface area contributed by atoms with Gasteiger partial charge in [0.25, 0.3) is 0 Å². The van der Waals surface area contributed by atoms with Crippen LogP contribution in [0, 0.1) is 5.41 Å². The average Bonchev–Trinajstić information content (AvgIpc) is 2.87. The lowest BCUT2D eigenvalue weighted by Gasteiger charge is -2.40. The van der Waals surface area contributed by atoms with Gasteiger partial charge in [-0.15, -0.1) is 0 Å². The topological polar surface area (TPSA) is 61.8 Å². The molecular formula is C16H22N2O3. The summed E-state index contributed by atoms with van der Waals surface area (Å²) < 4.78 is 5.35. The number of rotatable bonds is 2. The van der Waals surface area contributed by atoms with Gasteiger partial charge in [-0.1, -0.05) is 30.3 Å². The maximum absolute atomic E-state index is 12.1. The van der Waals surface area contributed by atoms with Gasteiger partial charge < -0.3 is 20.1 Å². The van der Waals surface area contributed by atoms with Crippen LogP contribution in [0.5, 0.6) is 0 Å². The first-order valence-electron chi connectivity index (χ1n) is 7.54. The van der Waals surface area contributed by atoms with Gasteiger partial charge in [0.05, 0.1) is 6.10 Å². The molecule has 1 atom stereocenters. The molecule has 0 bridgehead atoms. The second kappa shape index (κ2) is 6.03. The first-order valence-corrected chi connectivity index (χ1v) is 7.54. The van der Waals surface area contributed by atoms with Gasteiger partial charge in [0, 0.05) is 31.6 Å². The molecule has 1 amide bonds. The quantitative estimate of drug-likeness (QED) is 0.863. The van der Waals surface area contributed by atoms with Gasteiger partial charge in [-0.3, -0.25) is 0 Å². The predicted molar refractivity (Wildman–Crippen MR) is 78.7 cm³/mol. The summed E-state index contributed by atoms with van der Waals surface area (Å²) in [7, 11) is 0. The Hall–Kier alpha value is -1.59. The standard InChI is InChI=1S/C16H22N2O3/c19-14-10-17-12-16(14)6-8-18(9-7-16)15(20)21-11-13-4-2-1-3-5-13/h1-5,14,17,19H,6-12H2. The molecule has 0 aliphatic carbocycles. The zero-order chi connectivity index (χ0) is 14.7. The second-order valence-corrected chi connectivity index (χ2v) is 6.04. The van der Waals surface area contributed by atoms with Crippen molar-refractivity contribution in [2.24, 2.45) is 5.41 Å². The maximum atomic E-state index is 12.1. The van der Waals surface area contributed by atoms with Crippen molar-refractivity contribution in [2.45, 2.75) is 25.6 Å². The molecule has 0 radical (unpaired) electrons. The molecule has 0 saturated carbocycles. The van der Waals surface area contributed by atoms with Gasteiger partial charge in [-0.2, -0.15) is 0 Å². The monoisotopic (exact) mass is 290 g/mol. The zero-order valence-corrected chi connectivity index (χ0v) is 12.1. The molecule has 2 saturated heterocycles. The number of ether oxygens (including phenoxy) is 1. The number of aliphatic hydroxyl groups is 1. The molecule has 21 heavy (non-hydrogen) atoms. The largest absolute Gasteiger partial charge is 0.445 e. The van der Waals surface area contributed by atoms with E-state index in [9.17, 15) is 9.90 Å². The SMILES string of the molecule is O=C(OCc1ccccc1)N1CCC2(CC1)CNCC2O. The molecule has 3 rings (SSSR count). The summed E-state index contributed by atoms with van der Waals surface area (Å²) >= 11 is 0. The Bertz CT molecular complexity index is 484. The van der Waals surface area contributed by atoms with E-state index in [0.29, 0.717) is 26.2 Å². The van der Waals surface area contributed by atoms with Crippen LogP contribution in [0.2, 0.25) is 0 Å².